The normalized spacial score (nSPS) is 12.8. The summed E-state index contributed by atoms with van der Waals surface area (Å²) in [5.74, 6) is 0. The van der Waals surface area contributed by atoms with E-state index >= 15 is 0 Å². The van der Waals surface area contributed by atoms with E-state index in [-0.39, 0.29) is 6.04 Å². The van der Waals surface area contributed by atoms with Gasteiger partial charge in [0.15, 0.2) is 0 Å². The summed E-state index contributed by atoms with van der Waals surface area (Å²) in [6, 6.07) is 6.00. The van der Waals surface area contributed by atoms with Gasteiger partial charge < -0.3 is 5.32 Å². The molecule has 0 saturated heterocycles. The van der Waals surface area contributed by atoms with Crippen LogP contribution < -0.4 is 5.32 Å². The topological polar surface area (TPSA) is 24.9 Å². The van der Waals surface area contributed by atoms with Crippen LogP contribution >= 0.6 is 45.9 Å². The van der Waals surface area contributed by atoms with Crippen molar-refractivity contribution in [2.75, 3.05) is 5.32 Å². The Kier molecular flexibility index (Phi) is 3.67. The number of rotatable bonds is 3. The molecule has 2 nitrogen and oxygen atoms in total. The number of hydrogen-bond acceptors (Lipinski definition) is 4. The van der Waals surface area contributed by atoms with Crippen molar-refractivity contribution in [3.63, 3.8) is 0 Å². The fourth-order valence-corrected chi connectivity index (χ4v) is 3.77. The Morgan fingerprint density at radius 1 is 1.26 bits per heavy atom. The molecule has 0 saturated carbocycles. The first kappa shape index (κ1) is 13.2. The van der Waals surface area contributed by atoms with E-state index in [1.165, 1.54) is 11.3 Å². The summed E-state index contributed by atoms with van der Waals surface area (Å²) in [7, 11) is 0. The molecular formula is C13H10Cl2N2S2. The molecule has 0 spiro atoms. The van der Waals surface area contributed by atoms with Gasteiger partial charge in [-0.2, -0.15) is 0 Å². The van der Waals surface area contributed by atoms with Crippen LogP contribution in [0, 0.1) is 0 Å². The third-order valence-electron chi connectivity index (χ3n) is 2.90. The number of halogens is 2. The zero-order valence-electron chi connectivity index (χ0n) is 9.98. The molecule has 0 aliphatic carbocycles. The summed E-state index contributed by atoms with van der Waals surface area (Å²) in [4.78, 5) is 4.38. The number of nitrogens with zero attached hydrogens (tertiary/aromatic N) is 1. The molecule has 0 bridgehead atoms. The molecule has 98 valence electrons. The summed E-state index contributed by atoms with van der Waals surface area (Å²) in [6.07, 6.45) is 0. The Morgan fingerprint density at radius 2 is 2.11 bits per heavy atom. The Morgan fingerprint density at radius 3 is 2.84 bits per heavy atom. The minimum atomic E-state index is 0.133. The fraction of sp³-hybridized carbons (Fsp3) is 0.154. The standard InChI is InChI=1S/C13H10Cl2N2S2/c1-7(8-4-11(15)18-5-8)17-12-9(14)2-3-10-13(12)16-6-19-10/h2-7,17H,1H3. The monoisotopic (exact) mass is 328 g/mol. The minimum absolute atomic E-state index is 0.133. The fourth-order valence-electron chi connectivity index (χ4n) is 1.89. The van der Waals surface area contributed by atoms with Crippen molar-refractivity contribution in [2.45, 2.75) is 13.0 Å². The lowest BCUT2D eigenvalue weighted by Crippen LogP contribution is -2.06. The molecule has 3 aromatic rings. The van der Waals surface area contributed by atoms with Crippen LogP contribution in [0.15, 0.2) is 29.1 Å². The molecule has 1 aromatic carbocycles. The maximum Gasteiger partial charge on any atom is 0.106 e. The molecule has 0 aliphatic heterocycles. The van der Waals surface area contributed by atoms with Gasteiger partial charge in [-0.15, -0.1) is 22.7 Å². The summed E-state index contributed by atoms with van der Waals surface area (Å²) in [5.41, 5.74) is 4.79. The minimum Gasteiger partial charge on any atom is -0.375 e. The number of hydrogen-bond donors (Lipinski definition) is 1. The number of benzene rings is 1. The van der Waals surface area contributed by atoms with Crippen LogP contribution in [0.1, 0.15) is 18.5 Å². The highest BCUT2D eigenvalue weighted by atomic mass is 35.5. The van der Waals surface area contributed by atoms with Crippen molar-refractivity contribution >= 4 is 61.8 Å². The van der Waals surface area contributed by atoms with Gasteiger partial charge in [0.1, 0.15) is 5.52 Å². The number of thiophene rings is 1. The molecule has 3 rings (SSSR count). The van der Waals surface area contributed by atoms with Crippen LogP contribution in [-0.4, -0.2) is 4.98 Å². The summed E-state index contributed by atoms with van der Waals surface area (Å²) in [6.45, 7) is 2.08. The van der Waals surface area contributed by atoms with Gasteiger partial charge in [0.25, 0.3) is 0 Å². The van der Waals surface area contributed by atoms with Crippen molar-refractivity contribution in [2.24, 2.45) is 0 Å². The van der Waals surface area contributed by atoms with Gasteiger partial charge in [-0.1, -0.05) is 23.2 Å². The van der Waals surface area contributed by atoms with E-state index in [9.17, 15) is 0 Å². The predicted molar refractivity (Wildman–Crippen MR) is 86.0 cm³/mol. The van der Waals surface area contributed by atoms with Crippen molar-refractivity contribution in [3.05, 3.63) is 44.0 Å². The number of nitrogens with one attached hydrogen (secondary N) is 1. The van der Waals surface area contributed by atoms with Crippen LogP contribution in [0.2, 0.25) is 9.36 Å². The second-order valence-electron chi connectivity index (χ2n) is 4.17. The average Bonchev–Trinajstić information content (AvgIpc) is 3.01. The van der Waals surface area contributed by atoms with E-state index in [0.717, 1.165) is 25.8 Å². The van der Waals surface area contributed by atoms with Crippen LogP contribution in [0.5, 0.6) is 0 Å². The second-order valence-corrected chi connectivity index (χ2v) is 7.01. The highest BCUT2D eigenvalue weighted by molar-refractivity contribution is 7.16. The van der Waals surface area contributed by atoms with Crippen molar-refractivity contribution in [1.29, 1.82) is 0 Å². The molecule has 0 radical (unpaired) electrons. The van der Waals surface area contributed by atoms with E-state index in [2.05, 4.69) is 22.6 Å². The number of thiazole rings is 1. The van der Waals surface area contributed by atoms with Crippen molar-refractivity contribution in [3.8, 4) is 0 Å². The van der Waals surface area contributed by atoms with E-state index < -0.39 is 0 Å². The van der Waals surface area contributed by atoms with Gasteiger partial charge >= 0.3 is 0 Å². The molecule has 1 atom stereocenters. The van der Waals surface area contributed by atoms with Gasteiger partial charge in [0.05, 0.1) is 25.3 Å². The summed E-state index contributed by atoms with van der Waals surface area (Å²) in [5, 5.41) is 6.17. The van der Waals surface area contributed by atoms with Crippen LogP contribution in [-0.2, 0) is 0 Å². The number of anilines is 1. The summed E-state index contributed by atoms with van der Waals surface area (Å²) < 4.78 is 1.92. The number of fused-ring (bicyclic) bond motifs is 1. The van der Waals surface area contributed by atoms with E-state index in [0.29, 0.717) is 5.02 Å². The Bertz CT molecular complexity index is 720. The summed E-state index contributed by atoms with van der Waals surface area (Å²) >= 11 is 15.4. The van der Waals surface area contributed by atoms with Gasteiger partial charge in [-0.05, 0) is 36.1 Å². The maximum absolute atomic E-state index is 6.28. The maximum atomic E-state index is 6.28. The largest absolute Gasteiger partial charge is 0.375 e. The van der Waals surface area contributed by atoms with Crippen LogP contribution in [0.25, 0.3) is 10.2 Å². The Hall–Kier alpha value is -0.810. The highest BCUT2D eigenvalue weighted by Crippen LogP contribution is 2.35. The van der Waals surface area contributed by atoms with Gasteiger partial charge in [0, 0.05) is 6.04 Å². The first-order valence-electron chi connectivity index (χ1n) is 5.67. The lowest BCUT2D eigenvalue weighted by molar-refractivity contribution is 0.892. The first-order valence-corrected chi connectivity index (χ1v) is 8.19. The average molecular weight is 329 g/mol. The molecule has 2 aromatic heterocycles. The lowest BCUT2D eigenvalue weighted by atomic mass is 10.1. The molecular weight excluding hydrogens is 319 g/mol. The Labute approximate surface area is 129 Å². The second kappa shape index (κ2) is 5.29. The van der Waals surface area contributed by atoms with Crippen LogP contribution in [0.3, 0.4) is 0 Å². The molecule has 6 heteroatoms. The third kappa shape index (κ3) is 2.58. The molecule has 0 fully saturated rings. The highest BCUT2D eigenvalue weighted by Gasteiger charge is 2.13. The van der Waals surface area contributed by atoms with E-state index in [4.69, 9.17) is 23.2 Å². The third-order valence-corrected chi connectivity index (χ3v) is 5.12. The van der Waals surface area contributed by atoms with Crippen molar-refractivity contribution in [1.82, 2.24) is 4.98 Å². The first-order chi connectivity index (χ1) is 9.15. The molecule has 19 heavy (non-hydrogen) atoms. The van der Waals surface area contributed by atoms with Gasteiger partial charge in [-0.25, -0.2) is 4.98 Å². The Balaban J connectivity index is 1.96. The smallest absolute Gasteiger partial charge is 0.106 e. The van der Waals surface area contributed by atoms with Crippen LogP contribution in [0.4, 0.5) is 5.69 Å². The number of aromatic nitrogens is 1. The van der Waals surface area contributed by atoms with E-state index in [1.807, 2.05) is 23.7 Å². The molecule has 1 N–H and O–H groups in total. The van der Waals surface area contributed by atoms with Crippen molar-refractivity contribution < 1.29 is 0 Å². The zero-order valence-corrected chi connectivity index (χ0v) is 13.1. The molecule has 0 amide bonds. The zero-order chi connectivity index (χ0) is 13.4. The SMILES string of the molecule is CC(Nc1c(Cl)ccc2scnc12)c1csc(Cl)c1. The molecule has 2 heterocycles. The van der Waals surface area contributed by atoms with Gasteiger partial charge in [0.2, 0.25) is 0 Å². The van der Waals surface area contributed by atoms with E-state index in [1.54, 1.807) is 11.3 Å². The quantitative estimate of drug-likeness (QED) is 0.653. The molecule has 1 unspecified atom stereocenters. The lowest BCUT2D eigenvalue weighted by Gasteiger charge is -2.15. The molecule has 0 aliphatic rings. The predicted octanol–water partition coefficient (Wildman–Crippen LogP) is 5.84. The van der Waals surface area contributed by atoms with Gasteiger partial charge in [-0.3, -0.25) is 0 Å².